The van der Waals surface area contributed by atoms with Crippen LogP contribution in [0, 0.1) is 0 Å². The second kappa shape index (κ2) is 7.06. The van der Waals surface area contributed by atoms with Crippen LogP contribution in [0.25, 0.3) is 0 Å². The van der Waals surface area contributed by atoms with Crippen LogP contribution >= 0.6 is 11.8 Å². The minimum Gasteiger partial charge on any atom is -0.327 e. The Kier molecular flexibility index (Phi) is 5.71. The smallest absolute Gasteiger partial charge is 0.321 e. The molecule has 98 valence electrons. The van der Waals surface area contributed by atoms with E-state index < -0.39 is 0 Å². The zero-order valence-corrected chi connectivity index (χ0v) is 11.7. The van der Waals surface area contributed by atoms with Crippen LogP contribution < -0.4 is 5.32 Å². The van der Waals surface area contributed by atoms with Gasteiger partial charge in [-0.25, -0.2) is 4.79 Å². The average molecular weight is 266 g/mol. The van der Waals surface area contributed by atoms with Gasteiger partial charge in [-0.3, -0.25) is 4.79 Å². The highest BCUT2D eigenvalue weighted by Gasteiger charge is 2.08. The maximum Gasteiger partial charge on any atom is 0.321 e. The van der Waals surface area contributed by atoms with Gasteiger partial charge in [0.2, 0.25) is 0 Å². The number of urea groups is 1. The fraction of sp³-hybridized carbons (Fsp3) is 0.385. The first-order chi connectivity index (χ1) is 8.54. The number of hydrogen-bond donors (Lipinski definition) is 1. The molecule has 2 amide bonds. The monoisotopic (exact) mass is 266 g/mol. The van der Waals surface area contributed by atoms with Crippen LogP contribution in [-0.2, 0) is 0 Å². The Bertz CT molecular complexity index is 435. The highest BCUT2D eigenvalue weighted by molar-refractivity contribution is 7.98. The van der Waals surface area contributed by atoms with E-state index in [0.717, 1.165) is 5.75 Å². The Hall–Kier alpha value is -1.49. The van der Waals surface area contributed by atoms with Crippen molar-refractivity contribution in [1.82, 2.24) is 4.90 Å². The van der Waals surface area contributed by atoms with Crippen molar-refractivity contribution in [2.45, 2.75) is 6.92 Å². The molecule has 0 aliphatic carbocycles. The number of thioether (sulfide) groups is 1. The van der Waals surface area contributed by atoms with Gasteiger partial charge in [0, 0.05) is 30.6 Å². The molecule has 1 N–H and O–H groups in total. The van der Waals surface area contributed by atoms with Gasteiger partial charge >= 0.3 is 6.03 Å². The van der Waals surface area contributed by atoms with Crippen molar-refractivity contribution in [3.8, 4) is 0 Å². The molecule has 0 unspecified atom stereocenters. The number of rotatable bonds is 5. The van der Waals surface area contributed by atoms with Crippen molar-refractivity contribution < 1.29 is 9.59 Å². The lowest BCUT2D eigenvalue weighted by atomic mass is 10.1. The molecule has 0 aliphatic heterocycles. The second-order valence-electron chi connectivity index (χ2n) is 3.98. The zero-order valence-electron chi connectivity index (χ0n) is 10.9. The number of ketones is 1. The number of nitrogens with zero attached hydrogens (tertiary/aromatic N) is 1. The quantitative estimate of drug-likeness (QED) is 0.834. The Morgan fingerprint density at radius 2 is 2.11 bits per heavy atom. The lowest BCUT2D eigenvalue weighted by Crippen LogP contribution is -2.33. The summed E-state index contributed by atoms with van der Waals surface area (Å²) >= 11 is 1.69. The summed E-state index contributed by atoms with van der Waals surface area (Å²) in [6.07, 6.45) is 2.00. The molecule has 0 radical (unpaired) electrons. The summed E-state index contributed by atoms with van der Waals surface area (Å²) in [5, 5.41) is 2.77. The molecule has 0 fully saturated rings. The van der Waals surface area contributed by atoms with Crippen molar-refractivity contribution in [3.63, 3.8) is 0 Å². The summed E-state index contributed by atoms with van der Waals surface area (Å²) in [5.74, 6) is 0.888. The van der Waals surface area contributed by atoms with Crippen LogP contribution in [-0.4, -0.2) is 42.3 Å². The van der Waals surface area contributed by atoms with E-state index >= 15 is 0 Å². The summed E-state index contributed by atoms with van der Waals surface area (Å²) < 4.78 is 0. The molecular formula is C13H18N2O2S. The van der Waals surface area contributed by atoms with E-state index in [4.69, 9.17) is 0 Å². The molecule has 1 aromatic carbocycles. The van der Waals surface area contributed by atoms with E-state index in [2.05, 4.69) is 5.32 Å². The molecular weight excluding hydrogens is 248 g/mol. The third-order valence-corrected chi connectivity index (χ3v) is 3.09. The van der Waals surface area contributed by atoms with Gasteiger partial charge in [0.25, 0.3) is 0 Å². The SMILES string of the molecule is CSCCN(C)C(=O)Nc1cccc(C(C)=O)c1. The third-order valence-electron chi connectivity index (χ3n) is 2.50. The normalized spacial score (nSPS) is 9.94. The highest BCUT2D eigenvalue weighted by Crippen LogP contribution is 2.11. The van der Waals surface area contributed by atoms with E-state index in [1.807, 2.05) is 6.26 Å². The van der Waals surface area contributed by atoms with Crippen LogP contribution in [0.3, 0.4) is 0 Å². The summed E-state index contributed by atoms with van der Waals surface area (Å²) in [6.45, 7) is 2.20. The predicted molar refractivity (Wildman–Crippen MR) is 76.5 cm³/mol. The van der Waals surface area contributed by atoms with Gasteiger partial charge in [-0.15, -0.1) is 0 Å². The van der Waals surface area contributed by atoms with Gasteiger partial charge in [-0.1, -0.05) is 12.1 Å². The third kappa shape index (κ3) is 4.41. The maximum atomic E-state index is 11.8. The van der Waals surface area contributed by atoms with Crippen molar-refractivity contribution in [2.24, 2.45) is 0 Å². The van der Waals surface area contributed by atoms with Gasteiger partial charge in [0.1, 0.15) is 0 Å². The second-order valence-corrected chi connectivity index (χ2v) is 4.97. The van der Waals surface area contributed by atoms with Crippen molar-refractivity contribution in [2.75, 3.05) is 30.9 Å². The number of Topliss-reactive ketones (excluding diaryl/α,β-unsaturated/α-hetero) is 1. The molecule has 0 aliphatic rings. The van der Waals surface area contributed by atoms with E-state index in [1.54, 1.807) is 48.0 Å². The molecule has 0 atom stereocenters. The lowest BCUT2D eigenvalue weighted by Gasteiger charge is -2.17. The first kappa shape index (κ1) is 14.6. The molecule has 0 saturated heterocycles. The summed E-state index contributed by atoms with van der Waals surface area (Å²) in [5.41, 5.74) is 1.24. The lowest BCUT2D eigenvalue weighted by molar-refractivity contribution is 0.101. The topological polar surface area (TPSA) is 49.4 Å². The van der Waals surface area contributed by atoms with E-state index in [-0.39, 0.29) is 11.8 Å². The standard InChI is InChI=1S/C13H18N2O2S/c1-10(16)11-5-4-6-12(9-11)14-13(17)15(2)7-8-18-3/h4-6,9H,7-8H2,1-3H3,(H,14,17). The first-order valence-corrected chi connectivity index (χ1v) is 7.06. The molecule has 0 heterocycles. The molecule has 4 nitrogen and oxygen atoms in total. The Balaban J connectivity index is 2.64. The minimum absolute atomic E-state index is 0.0122. The van der Waals surface area contributed by atoms with Crippen LogP contribution in [0.5, 0.6) is 0 Å². The van der Waals surface area contributed by atoms with E-state index in [1.165, 1.54) is 6.92 Å². The molecule has 0 bridgehead atoms. The summed E-state index contributed by atoms with van der Waals surface area (Å²) in [6, 6.07) is 6.78. The average Bonchev–Trinajstić information content (AvgIpc) is 2.36. The number of hydrogen-bond acceptors (Lipinski definition) is 3. The zero-order chi connectivity index (χ0) is 13.5. The summed E-state index contributed by atoms with van der Waals surface area (Å²) in [7, 11) is 1.75. The van der Waals surface area contributed by atoms with Crippen molar-refractivity contribution in [1.29, 1.82) is 0 Å². The Labute approximate surface area is 112 Å². The fourth-order valence-corrected chi connectivity index (χ4v) is 1.82. The van der Waals surface area contributed by atoms with Crippen LogP contribution in [0.1, 0.15) is 17.3 Å². The van der Waals surface area contributed by atoms with Crippen molar-refractivity contribution in [3.05, 3.63) is 29.8 Å². The Morgan fingerprint density at radius 3 is 2.72 bits per heavy atom. The summed E-state index contributed by atoms with van der Waals surface area (Å²) in [4.78, 5) is 24.7. The fourth-order valence-electron chi connectivity index (χ4n) is 1.36. The number of carbonyl (C=O) groups is 2. The number of anilines is 1. The molecule has 1 rings (SSSR count). The van der Waals surface area contributed by atoms with Gasteiger partial charge < -0.3 is 10.2 Å². The Morgan fingerprint density at radius 1 is 1.39 bits per heavy atom. The number of carbonyl (C=O) groups excluding carboxylic acids is 2. The molecule has 0 aromatic heterocycles. The van der Waals surface area contributed by atoms with Crippen LogP contribution in [0.15, 0.2) is 24.3 Å². The first-order valence-electron chi connectivity index (χ1n) is 5.66. The molecule has 5 heteroatoms. The molecule has 18 heavy (non-hydrogen) atoms. The van der Waals surface area contributed by atoms with Gasteiger partial charge in [0.05, 0.1) is 0 Å². The van der Waals surface area contributed by atoms with Gasteiger partial charge in [0.15, 0.2) is 5.78 Å². The maximum absolute atomic E-state index is 11.8. The minimum atomic E-state index is -0.162. The largest absolute Gasteiger partial charge is 0.327 e. The van der Waals surface area contributed by atoms with Crippen LogP contribution in [0.4, 0.5) is 10.5 Å². The van der Waals surface area contributed by atoms with E-state index in [9.17, 15) is 9.59 Å². The van der Waals surface area contributed by atoms with Crippen molar-refractivity contribution >= 4 is 29.3 Å². The van der Waals surface area contributed by atoms with Gasteiger partial charge in [-0.05, 0) is 25.3 Å². The highest BCUT2D eigenvalue weighted by atomic mass is 32.2. The molecule has 1 aromatic rings. The van der Waals surface area contributed by atoms with Gasteiger partial charge in [-0.2, -0.15) is 11.8 Å². The number of benzene rings is 1. The molecule has 0 saturated carbocycles. The van der Waals surface area contributed by atoms with E-state index in [0.29, 0.717) is 17.8 Å². The van der Waals surface area contributed by atoms with Crippen LogP contribution in [0.2, 0.25) is 0 Å². The number of amides is 2. The predicted octanol–water partition coefficient (Wildman–Crippen LogP) is 2.72. The number of nitrogens with one attached hydrogen (secondary N) is 1. The molecule has 0 spiro atoms.